The molecule has 0 spiro atoms. The van der Waals surface area contributed by atoms with Crippen molar-refractivity contribution in [2.45, 2.75) is 6.54 Å². The number of hydrogen-bond acceptors (Lipinski definition) is 4. The lowest BCUT2D eigenvalue weighted by Gasteiger charge is -2.08. The fourth-order valence-electron chi connectivity index (χ4n) is 2.79. The fourth-order valence-corrected chi connectivity index (χ4v) is 2.79. The van der Waals surface area contributed by atoms with Crippen LogP contribution in [0.4, 0.5) is 0 Å². The van der Waals surface area contributed by atoms with Crippen molar-refractivity contribution >= 4 is 0 Å². The third kappa shape index (κ3) is 3.01. The lowest BCUT2D eigenvalue weighted by atomic mass is 10.2. The molecule has 1 aromatic carbocycles. The van der Waals surface area contributed by atoms with Gasteiger partial charge in [-0.15, -0.1) is 0 Å². The molecule has 6 nitrogen and oxygen atoms in total. The van der Waals surface area contributed by atoms with E-state index in [2.05, 4.69) is 19.6 Å². The van der Waals surface area contributed by atoms with Gasteiger partial charge in [-0.1, -0.05) is 12.1 Å². The summed E-state index contributed by atoms with van der Waals surface area (Å²) in [5.41, 5.74) is 3.03. The first-order valence-corrected chi connectivity index (χ1v) is 7.93. The number of pyridine rings is 1. The predicted molar refractivity (Wildman–Crippen MR) is 94.7 cm³/mol. The van der Waals surface area contributed by atoms with Crippen LogP contribution >= 0.6 is 0 Å². The predicted octanol–water partition coefficient (Wildman–Crippen LogP) is 3.19. The van der Waals surface area contributed by atoms with Gasteiger partial charge >= 0.3 is 0 Å². The minimum atomic E-state index is 0.687. The summed E-state index contributed by atoms with van der Waals surface area (Å²) in [6.45, 7) is 0.687. The van der Waals surface area contributed by atoms with Gasteiger partial charge in [0, 0.05) is 42.1 Å². The van der Waals surface area contributed by atoms with Crippen molar-refractivity contribution < 1.29 is 4.74 Å². The first-order chi connectivity index (χ1) is 12.3. The van der Waals surface area contributed by atoms with E-state index in [1.807, 2.05) is 59.7 Å². The van der Waals surface area contributed by atoms with Crippen molar-refractivity contribution in [1.29, 1.82) is 0 Å². The van der Waals surface area contributed by atoms with Crippen LogP contribution in [0.5, 0.6) is 5.75 Å². The molecule has 0 fully saturated rings. The summed E-state index contributed by atoms with van der Waals surface area (Å²) in [7, 11) is 1.66. The average molecular weight is 331 g/mol. The monoisotopic (exact) mass is 331 g/mol. The molecule has 3 heterocycles. The van der Waals surface area contributed by atoms with Crippen molar-refractivity contribution in [3.05, 3.63) is 79.1 Å². The Bertz CT molecular complexity index is 974. The standard InChI is InChI=1S/C19H17N5O/c1-25-18-5-3-2-4-17(18)24-14-15(12-22-24)13-23-11-10-21-19(23)16-6-8-20-9-7-16/h2-12,14H,13H2,1H3. The van der Waals surface area contributed by atoms with Gasteiger partial charge in [0.1, 0.15) is 17.3 Å². The van der Waals surface area contributed by atoms with E-state index in [0.29, 0.717) is 6.54 Å². The quantitative estimate of drug-likeness (QED) is 0.563. The minimum Gasteiger partial charge on any atom is -0.494 e. The molecule has 124 valence electrons. The number of aromatic nitrogens is 5. The molecule has 25 heavy (non-hydrogen) atoms. The van der Waals surface area contributed by atoms with Crippen LogP contribution in [0.25, 0.3) is 17.1 Å². The smallest absolute Gasteiger partial charge is 0.144 e. The molecular formula is C19H17N5O. The second-order valence-corrected chi connectivity index (χ2v) is 5.58. The highest BCUT2D eigenvalue weighted by Crippen LogP contribution is 2.22. The number of hydrogen-bond donors (Lipinski definition) is 0. The van der Waals surface area contributed by atoms with Crippen LogP contribution in [-0.2, 0) is 6.54 Å². The SMILES string of the molecule is COc1ccccc1-n1cc(Cn2ccnc2-c2ccncc2)cn1. The molecule has 0 atom stereocenters. The summed E-state index contributed by atoms with van der Waals surface area (Å²) in [4.78, 5) is 8.52. The van der Waals surface area contributed by atoms with E-state index in [4.69, 9.17) is 4.74 Å². The molecule has 0 radical (unpaired) electrons. The molecule has 0 amide bonds. The zero-order valence-electron chi connectivity index (χ0n) is 13.8. The molecule has 0 aliphatic carbocycles. The topological polar surface area (TPSA) is 57.8 Å². The molecule has 4 aromatic rings. The Hall–Kier alpha value is -3.41. The van der Waals surface area contributed by atoms with Crippen molar-refractivity contribution in [2.24, 2.45) is 0 Å². The van der Waals surface area contributed by atoms with Gasteiger partial charge in [0.25, 0.3) is 0 Å². The fraction of sp³-hybridized carbons (Fsp3) is 0.105. The maximum atomic E-state index is 5.41. The number of para-hydroxylation sites is 2. The summed E-state index contributed by atoms with van der Waals surface area (Å²) in [6, 6.07) is 11.7. The maximum absolute atomic E-state index is 5.41. The van der Waals surface area contributed by atoms with Gasteiger partial charge in [-0.05, 0) is 24.3 Å². The van der Waals surface area contributed by atoms with Gasteiger partial charge < -0.3 is 9.30 Å². The van der Waals surface area contributed by atoms with E-state index in [1.165, 1.54) is 0 Å². The Kier molecular flexibility index (Phi) is 4.00. The van der Waals surface area contributed by atoms with Gasteiger partial charge in [-0.25, -0.2) is 9.67 Å². The molecule has 0 bridgehead atoms. The second-order valence-electron chi connectivity index (χ2n) is 5.58. The van der Waals surface area contributed by atoms with Crippen LogP contribution in [-0.4, -0.2) is 31.4 Å². The van der Waals surface area contributed by atoms with Crippen molar-refractivity contribution in [3.63, 3.8) is 0 Å². The Morgan fingerprint density at radius 3 is 2.72 bits per heavy atom. The Morgan fingerprint density at radius 1 is 1.04 bits per heavy atom. The maximum Gasteiger partial charge on any atom is 0.144 e. The van der Waals surface area contributed by atoms with Gasteiger partial charge in [-0.3, -0.25) is 4.98 Å². The van der Waals surface area contributed by atoms with E-state index in [-0.39, 0.29) is 0 Å². The highest BCUT2D eigenvalue weighted by atomic mass is 16.5. The molecule has 0 aliphatic heterocycles. The molecule has 0 saturated carbocycles. The molecule has 0 N–H and O–H groups in total. The lowest BCUT2D eigenvalue weighted by Crippen LogP contribution is -2.01. The number of benzene rings is 1. The number of methoxy groups -OCH3 is 1. The minimum absolute atomic E-state index is 0.687. The molecule has 3 aromatic heterocycles. The van der Waals surface area contributed by atoms with E-state index in [1.54, 1.807) is 25.7 Å². The van der Waals surface area contributed by atoms with E-state index in [9.17, 15) is 0 Å². The van der Waals surface area contributed by atoms with Gasteiger partial charge in [-0.2, -0.15) is 5.10 Å². The number of rotatable bonds is 5. The second kappa shape index (κ2) is 6.60. The molecule has 0 aliphatic rings. The van der Waals surface area contributed by atoms with Crippen LogP contribution in [0.2, 0.25) is 0 Å². The third-order valence-corrected chi connectivity index (χ3v) is 3.97. The van der Waals surface area contributed by atoms with Crippen molar-refractivity contribution in [1.82, 2.24) is 24.3 Å². The van der Waals surface area contributed by atoms with Gasteiger partial charge in [0.2, 0.25) is 0 Å². The average Bonchev–Trinajstić information content (AvgIpc) is 3.32. The van der Waals surface area contributed by atoms with Crippen LogP contribution in [0.3, 0.4) is 0 Å². The number of ether oxygens (including phenoxy) is 1. The van der Waals surface area contributed by atoms with E-state index < -0.39 is 0 Å². The largest absolute Gasteiger partial charge is 0.494 e. The zero-order valence-corrected chi connectivity index (χ0v) is 13.8. The van der Waals surface area contributed by atoms with Gasteiger partial charge in [0.15, 0.2) is 0 Å². The zero-order chi connectivity index (χ0) is 17.1. The van der Waals surface area contributed by atoms with Crippen LogP contribution in [0.1, 0.15) is 5.56 Å². The molecule has 0 saturated heterocycles. The highest BCUT2D eigenvalue weighted by molar-refractivity contribution is 5.54. The Labute approximate surface area is 145 Å². The van der Waals surface area contributed by atoms with Crippen LogP contribution < -0.4 is 4.74 Å². The Balaban J connectivity index is 1.62. The van der Waals surface area contributed by atoms with E-state index >= 15 is 0 Å². The van der Waals surface area contributed by atoms with Crippen molar-refractivity contribution in [2.75, 3.05) is 7.11 Å². The Morgan fingerprint density at radius 2 is 1.88 bits per heavy atom. The third-order valence-electron chi connectivity index (χ3n) is 3.97. The highest BCUT2D eigenvalue weighted by Gasteiger charge is 2.09. The molecule has 0 unspecified atom stereocenters. The number of imidazole rings is 1. The van der Waals surface area contributed by atoms with Crippen LogP contribution in [0.15, 0.2) is 73.6 Å². The number of nitrogens with zero attached hydrogens (tertiary/aromatic N) is 5. The summed E-state index contributed by atoms with van der Waals surface area (Å²) in [6.07, 6.45) is 11.2. The summed E-state index contributed by atoms with van der Waals surface area (Å²) in [5.74, 6) is 1.70. The molecular weight excluding hydrogens is 314 g/mol. The normalized spacial score (nSPS) is 10.8. The first kappa shape index (κ1) is 15.1. The lowest BCUT2D eigenvalue weighted by molar-refractivity contribution is 0.411. The van der Waals surface area contributed by atoms with Crippen molar-refractivity contribution in [3.8, 4) is 22.8 Å². The molecule has 6 heteroatoms. The van der Waals surface area contributed by atoms with Crippen LogP contribution in [0, 0.1) is 0 Å². The summed E-state index contributed by atoms with van der Waals surface area (Å²) in [5, 5.41) is 4.47. The first-order valence-electron chi connectivity index (χ1n) is 7.93. The van der Waals surface area contributed by atoms with Gasteiger partial charge in [0.05, 0.1) is 19.9 Å². The molecule has 4 rings (SSSR count). The summed E-state index contributed by atoms with van der Waals surface area (Å²) < 4.78 is 9.34. The van der Waals surface area contributed by atoms with E-state index in [0.717, 1.165) is 28.4 Å². The summed E-state index contributed by atoms with van der Waals surface area (Å²) >= 11 is 0.